The van der Waals surface area contributed by atoms with Crippen molar-refractivity contribution in [2.75, 3.05) is 14.2 Å². The molecule has 8 nitrogen and oxygen atoms in total. The number of methoxy groups -OCH3 is 1. The Labute approximate surface area is 178 Å². The van der Waals surface area contributed by atoms with E-state index in [0.29, 0.717) is 19.3 Å². The molecule has 0 unspecified atom stereocenters. The second-order valence-electron chi connectivity index (χ2n) is 7.42. The number of alkyl carbamates (subject to hydrolysis) is 1. The minimum Gasteiger partial charge on any atom is -0.467 e. The molecule has 2 atom stereocenters. The minimum absolute atomic E-state index is 0.0878. The van der Waals surface area contributed by atoms with Crippen LogP contribution in [0.4, 0.5) is 4.79 Å². The predicted molar refractivity (Wildman–Crippen MR) is 112 cm³/mol. The molecule has 0 spiro atoms. The second kappa shape index (κ2) is 13.6. The fourth-order valence-electron chi connectivity index (χ4n) is 2.99. The number of carbonyl (C=O) groups is 3. The van der Waals surface area contributed by atoms with Crippen LogP contribution in [0.2, 0.25) is 0 Å². The average Bonchev–Trinajstić information content (AvgIpc) is 2.74. The highest BCUT2D eigenvalue weighted by atomic mass is 16.7. The van der Waals surface area contributed by atoms with Gasteiger partial charge < -0.3 is 14.8 Å². The molecule has 0 bridgehead atoms. The molecule has 0 fully saturated rings. The van der Waals surface area contributed by atoms with Crippen LogP contribution in [-0.4, -0.2) is 49.3 Å². The molecule has 1 aromatic carbocycles. The zero-order chi connectivity index (χ0) is 22.5. The molecule has 8 heteroatoms. The van der Waals surface area contributed by atoms with Gasteiger partial charge in [0, 0.05) is 0 Å². The van der Waals surface area contributed by atoms with Crippen molar-refractivity contribution in [3.8, 4) is 0 Å². The van der Waals surface area contributed by atoms with Gasteiger partial charge in [0.25, 0.3) is 5.91 Å². The van der Waals surface area contributed by atoms with Gasteiger partial charge in [-0.25, -0.2) is 14.7 Å². The third-order valence-corrected chi connectivity index (χ3v) is 4.51. The minimum atomic E-state index is -0.901. The summed E-state index contributed by atoms with van der Waals surface area (Å²) in [6.07, 6.45) is 1.61. The molecule has 0 heterocycles. The maximum Gasteiger partial charge on any atom is 0.408 e. The van der Waals surface area contributed by atoms with Crippen LogP contribution in [-0.2, 0) is 30.5 Å². The topological polar surface area (TPSA) is 94.2 Å². The number of unbranched alkanes of at least 4 members (excludes halogenated alkanes) is 1. The second-order valence-corrected chi connectivity index (χ2v) is 7.42. The molecule has 1 aromatic rings. The van der Waals surface area contributed by atoms with Gasteiger partial charge in [0.05, 0.1) is 14.2 Å². The number of hydrogen-bond acceptors (Lipinski definition) is 6. The van der Waals surface area contributed by atoms with E-state index in [1.54, 1.807) is 0 Å². The molecule has 0 radical (unpaired) electrons. The summed E-state index contributed by atoms with van der Waals surface area (Å²) in [6, 6.07) is 7.46. The van der Waals surface area contributed by atoms with Crippen LogP contribution in [0.1, 0.15) is 52.0 Å². The number of nitrogens with zero attached hydrogens (tertiary/aromatic N) is 1. The standard InChI is InChI=1S/C22H34N2O6/c1-6-7-13-19(21(26)28-4)24(29-5)20(25)18(14-16(2)3)23-22(27)30-15-17-11-9-8-10-12-17/h8-12,16,18-19H,6-7,13-15H2,1-5H3,(H,23,27)/t18-,19-/m0/s1. The summed E-state index contributed by atoms with van der Waals surface area (Å²) >= 11 is 0. The number of amides is 2. The Balaban J connectivity index is 2.90. The lowest BCUT2D eigenvalue weighted by atomic mass is 10.0. The van der Waals surface area contributed by atoms with Gasteiger partial charge in [-0.15, -0.1) is 0 Å². The number of benzene rings is 1. The van der Waals surface area contributed by atoms with Gasteiger partial charge in [0.2, 0.25) is 0 Å². The lowest BCUT2D eigenvalue weighted by Gasteiger charge is -2.31. The van der Waals surface area contributed by atoms with E-state index >= 15 is 0 Å². The first-order chi connectivity index (χ1) is 14.3. The van der Waals surface area contributed by atoms with E-state index in [1.165, 1.54) is 14.2 Å². The van der Waals surface area contributed by atoms with E-state index in [4.69, 9.17) is 14.3 Å². The van der Waals surface area contributed by atoms with Crippen LogP contribution in [0.25, 0.3) is 0 Å². The number of esters is 1. The average molecular weight is 423 g/mol. The smallest absolute Gasteiger partial charge is 0.408 e. The molecule has 0 aliphatic rings. The quantitative estimate of drug-likeness (QED) is 0.410. The number of carbonyl (C=O) groups excluding carboxylic acids is 3. The Kier molecular flexibility index (Phi) is 11.5. The highest BCUT2D eigenvalue weighted by molar-refractivity contribution is 5.89. The molecule has 0 aliphatic heterocycles. The van der Waals surface area contributed by atoms with Crippen LogP contribution < -0.4 is 5.32 Å². The van der Waals surface area contributed by atoms with E-state index in [1.807, 2.05) is 51.1 Å². The first kappa shape index (κ1) is 25.4. The molecular weight excluding hydrogens is 388 g/mol. The number of rotatable bonds is 12. The summed E-state index contributed by atoms with van der Waals surface area (Å²) in [5.74, 6) is -0.970. The number of ether oxygens (including phenoxy) is 2. The third-order valence-electron chi connectivity index (χ3n) is 4.51. The molecule has 0 saturated carbocycles. The summed E-state index contributed by atoms with van der Waals surface area (Å²) in [7, 11) is 2.59. The maximum absolute atomic E-state index is 13.2. The summed E-state index contributed by atoms with van der Waals surface area (Å²) in [5, 5.41) is 3.62. The molecule has 0 saturated heterocycles. The zero-order valence-electron chi connectivity index (χ0n) is 18.6. The van der Waals surface area contributed by atoms with E-state index in [-0.39, 0.29) is 12.5 Å². The van der Waals surface area contributed by atoms with Crippen LogP contribution in [0.3, 0.4) is 0 Å². The van der Waals surface area contributed by atoms with Gasteiger partial charge in [-0.1, -0.05) is 63.9 Å². The van der Waals surface area contributed by atoms with Crippen molar-refractivity contribution in [3.63, 3.8) is 0 Å². The lowest BCUT2D eigenvalue weighted by Crippen LogP contribution is -2.54. The normalized spacial score (nSPS) is 12.7. The fraction of sp³-hybridized carbons (Fsp3) is 0.591. The predicted octanol–water partition coefficient (Wildman–Crippen LogP) is 3.45. The van der Waals surface area contributed by atoms with Crippen LogP contribution in [0, 0.1) is 5.92 Å². The van der Waals surface area contributed by atoms with Crippen molar-refractivity contribution >= 4 is 18.0 Å². The fourth-order valence-corrected chi connectivity index (χ4v) is 2.99. The number of hydrogen-bond donors (Lipinski definition) is 1. The molecule has 0 aliphatic carbocycles. The Bertz CT molecular complexity index is 665. The van der Waals surface area contributed by atoms with E-state index in [9.17, 15) is 14.4 Å². The van der Waals surface area contributed by atoms with Crippen LogP contribution in [0.15, 0.2) is 30.3 Å². The molecule has 1 N–H and O–H groups in total. The van der Waals surface area contributed by atoms with Crippen molar-refractivity contribution in [3.05, 3.63) is 35.9 Å². The Morgan fingerprint density at radius 3 is 2.30 bits per heavy atom. The van der Waals surface area contributed by atoms with Crippen molar-refractivity contribution in [2.45, 2.75) is 65.1 Å². The third kappa shape index (κ3) is 8.41. The van der Waals surface area contributed by atoms with Gasteiger partial charge in [0.1, 0.15) is 12.6 Å². The van der Waals surface area contributed by atoms with E-state index in [0.717, 1.165) is 17.0 Å². The van der Waals surface area contributed by atoms with Gasteiger partial charge >= 0.3 is 12.1 Å². The number of nitrogens with one attached hydrogen (secondary N) is 1. The van der Waals surface area contributed by atoms with Crippen molar-refractivity contribution in [2.24, 2.45) is 5.92 Å². The number of hydroxylamine groups is 2. The van der Waals surface area contributed by atoms with Crippen molar-refractivity contribution in [1.29, 1.82) is 0 Å². The summed E-state index contributed by atoms with van der Waals surface area (Å²) in [5.41, 5.74) is 0.836. The largest absolute Gasteiger partial charge is 0.467 e. The molecule has 168 valence electrons. The Hall–Kier alpha value is -2.61. The SMILES string of the molecule is CCCC[C@@H](C(=O)OC)N(OC)C(=O)[C@H](CC(C)C)NC(=O)OCc1ccccc1. The lowest BCUT2D eigenvalue weighted by molar-refractivity contribution is -0.200. The van der Waals surface area contributed by atoms with Gasteiger partial charge in [-0.2, -0.15) is 0 Å². The molecule has 0 aromatic heterocycles. The molecule has 1 rings (SSSR count). The van der Waals surface area contributed by atoms with E-state index in [2.05, 4.69) is 5.32 Å². The Morgan fingerprint density at radius 2 is 1.77 bits per heavy atom. The van der Waals surface area contributed by atoms with Crippen LogP contribution >= 0.6 is 0 Å². The van der Waals surface area contributed by atoms with Gasteiger partial charge in [-0.05, 0) is 24.3 Å². The maximum atomic E-state index is 13.2. The van der Waals surface area contributed by atoms with Gasteiger partial charge in [-0.3, -0.25) is 9.63 Å². The first-order valence-corrected chi connectivity index (χ1v) is 10.3. The zero-order valence-corrected chi connectivity index (χ0v) is 18.6. The summed E-state index contributed by atoms with van der Waals surface area (Å²) in [4.78, 5) is 43.0. The summed E-state index contributed by atoms with van der Waals surface area (Å²) in [6.45, 7) is 5.94. The highest BCUT2D eigenvalue weighted by Gasteiger charge is 2.36. The first-order valence-electron chi connectivity index (χ1n) is 10.3. The van der Waals surface area contributed by atoms with E-state index < -0.39 is 30.1 Å². The molecule has 2 amide bonds. The molecule has 30 heavy (non-hydrogen) atoms. The van der Waals surface area contributed by atoms with Crippen LogP contribution in [0.5, 0.6) is 0 Å². The van der Waals surface area contributed by atoms with Crippen molar-refractivity contribution in [1.82, 2.24) is 10.4 Å². The summed E-state index contributed by atoms with van der Waals surface area (Å²) < 4.78 is 10.1. The Morgan fingerprint density at radius 1 is 1.10 bits per heavy atom. The highest BCUT2D eigenvalue weighted by Crippen LogP contribution is 2.16. The van der Waals surface area contributed by atoms with Crippen molar-refractivity contribution < 1.29 is 28.7 Å². The molecular formula is C22H34N2O6. The van der Waals surface area contributed by atoms with Gasteiger partial charge in [0.15, 0.2) is 6.04 Å². The monoisotopic (exact) mass is 422 g/mol.